The Kier molecular flexibility index (Phi) is 10.1. The second-order valence-electron chi connectivity index (χ2n) is 11.5. The smallest absolute Gasteiger partial charge is 0.335 e. The van der Waals surface area contributed by atoms with Crippen LogP contribution in [-0.2, 0) is 20.8 Å². The number of Topliss-reactive ketones (excluding diaryl/α,β-unsaturated/α-hetero) is 1. The number of benzene rings is 3. The maximum atomic E-state index is 13.8. The van der Waals surface area contributed by atoms with E-state index in [4.69, 9.17) is 28.9 Å². The van der Waals surface area contributed by atoms with Gasteiger partial charge in [-0.15, -0.1) is 0 Å². The molecular formula is C35H34Cl2N4O5. The van der Waals surface area contributed by atoms with Crippen LogP contribution in [-0.4, -0.2) is 46.2 Å². The van der Waals surface area contributed by atoms with Gasteiger partial charge in [-0.05, 0) is 78.4 Å². The van der Waals surface area contributed by atoms with E-state index >= 15 is 0 Å². The second kappa shape index (κ2) is 14.2. The highest BCUT2D eigenvalue weighted by atomic mass is 35.5. The number of carbonyl (C=O) groups is 4. The molecule has 0 saturated heterocycles. The third-order valence-electron chi connectivity index (χ3n) is 8.29. The average molecular weight is 662 g/mol. The van der Waals surface area contributed by atoms with Crippen molar-refractivity contribution in [1.82, 2.24) is 4.90 Å². The highest BCUT2D eigenvalue weighted by molar-refractivity contribution is 6.31. The first-order valence-corrected chi connectivity index (χ1v) is 15.7. The van der Waals surface area contributed by atoms with Crippen LogP contribution in [0.4, 0.5) is 11.4 Å². The first-order valence-electron chi connectivity index (χ1n) is 15.0. The Labute approximate surface area is 277 Å². The summed E-state index contributed by atoms with van der Waals surface area (Å²) in [6, 6.07) is 17.8. The Morgan fingerprint density at radius 3 is 2.37 bits per heavy atom. The number of carboxylic acids is 1. The van der Waals surface area contributed by atoms with Crippen molar-refractivity contribution in [3.63, 3.8) is 0 Å². The van der Waals surface area contributed by atoms with Crippen molar-refractivity contribution in [3.05, 3.63) is 111 Å². The number of anilines is 2. The van der Waals surface area contributed by atoms with Crippen molar-refractivity contribution < 1.29 is 24.3 Å². The van der Waals surface area contributed by atoms with Crippen LogP contribution in [0.1, 0.15) is 59.2 Å². The fraction of sp³-hybridized carbons (Fsp3) is 0.257. The Morgan fingerprint density at radius 2 is 1.76 bits per heavy atom. The van der Waals surface area contributed by atoms with E-state index in [1.54, 1.807) is 18.2 Å². The predicted octanol–water partition coefficient (Wildman–Crippen LogP) is 6.39. The van der Waals surface area contributed by atoms with Crippen LogP contribution in [0.5, 0.6) is 0 Å². The van der Waals surface area contributed by atoms with Gasteiger partial charge in [0.25, 0.3) is 0 Å². The fourth-order valence-electron chi connectivity index (χ4n) is 5.55. The van der Waals surface area contributed by atoms with Crippen molar-refractivity contribution >= 4 is 63.7 Å². The zero-order valence-electron chi connectivity index (χ0n) is 25.1. The molecule has 2 unspecified atom stereocenters. The lowest BCUT2D eigenvalue weighted by Crippen LogP contribution is -2.49. The lowest BCUT2D eigenvalue weighted by Gasteiger charge is -2.34. The molecule has 11 heteroatoms. The first-order chi connectivity index (χ1) is 22.0. The van der Waals surface area contributed by atoms with E-state index in [9.17, 15) is 24.3 Å². The molecular weight excluding hydrogens is 627 g/mol. The van der Waals surface area contributed by atoms with Gasteiger partial charge >= 0.3 is 5.97 Å². The summed E-state index contributed by atoms with van der Waals surface area (Å²) >= 11 is 12.1. The maximum Gasteiger partial charge on any atom is 0.335 e. The SMILES string of the molecule is CC(C(=O)C1CC1)c1ccc(CC(C(=O)Nc2ccc(C(=O)O)cc2)N2CCC(c3cc(Cl)ccc3N/C=C(\N)Cl)=CC2=O)cc1. The highest BCUT2D eigenvalue weighted by Crippen LogP contribution is 2.36. The Hall–Kier alpha value is -4.60. The Balaban J connectivity index is 1.40. The summed E-state index contributed by atoms with van der Waals surface area (Å²) < 4.78 is 0. The van der Waals surface area contributed by atoms with Crippen molar-refractivity contribution in [3.8, 4) is 0 Å². The third kappa shape index (κ3) is 7.97. The molecule has 1 saturated carbocycles. The molecule has 2 aliphatic rings. The number of aromatic carboxylic acids is 1. The van der Waals surface area contributed by atoms with E-state index in [-0.39, 0.29) is 47.2 Å². The van der Waals surface area contributed by atoms with Gasteiger partial charge in [-0.2, -0.15) is 0 Å². The van der Waals surface area contributed by atoms with E-state index in [0.717, 1.165) is 29.5 Å². The predicted molar refractivity (Wildman–Crippen MR) is 180 cm³/mol. The van der Waals surface area contributed by atoms with E-state index in [2.05, 4.69) is 10.6 Å². The zero-order chi connectivity index (χ0) is 33.0. The lowest BCUT2D eigenvalue weighted by molar-refractivity contribution is -0.135. The minimum absolute atomic E-state index is 0.0595. The molecule has 3 aromatic rings. The molecule has 1 aliphatic carbocycles. The van der Waals surface area contributed by atoms with Gasteiger partial charge in [-0.1, -0.05) is 54.4 Å². The van der Waals surface area contributed by atoms with E-state index in [1.807, 2.05) is 31.2 Å². The normalized spacial score (nSPS) is 16.3. The molecule has 3 aromatic carbocycles. The molecule has 5 N–H and O–H groups in total. The second-order valence-corrected chi connectivity index (χ2v) is 12.4. The number of ketones is 1. The number of nitrogens with zero attached hydrogens (tertiary/aromatic N) is 1. The molecule has 9 nitrogen and oxygen atoms in total. The van der Waals surface area contributed by atoms with Gasteiger partial charge in [0.2, 0.25) is 11.8 Å². The maximum absolute atomic E-state index is 13.8. The number of amides is 2. The number of carboxylic acid groups (broad SMARTS) is 1. The van der Waals surface area contributed by atoms with Crippen LogP contribution in [0.25, 0.3) is 5.57 Å². The number of rotatable bonds is 12. The van der Waals surface area contributed by atoms with Crippen LogP contribution in [0.2, 0.25) is 5.02 Å². The number of carbonyl (C=O) groups excluding carboxylic acids is 3. The van der Waals surface area contributed by atoms with Gasteiger partial charge < -0.3 is 26.4 Å². The number of nitrogens with two attached hydrogens (primary N) is 1. The monoisotopic (exact) mass is 660 g/mol. The van der Waals surface area contributed by atoms with Crippen LogP contribution in [0, 0.1) is 5.92 Å². The molecule has 0 bridgehead atoms. The minimum Gasteiger partial charge on any atom is -0.478 e. The van der Waals surface area contributed by atoms with Gasteiger partial charge in [0.1, 0.15) is 17.0 Å². The van der Waals surface area contributed by atoms with Crippen LogP contribution in [0.15, 0.2) is 84.2 Å². The Bertz CT molecular complexity index is 1710. The molecule has 0 spiro atoms. The first kappa shape index (κ1) is 32.8. The molecule has 2 atom stereocenters. The van der Waals surface area contributed by atoms with Crippen LogP contribution in [0.3, 0.4) is 0 Å². The van der Waals surface area contributed by atoms with Gasteiger partial charge in [-0.25, -0.2) is 4.79 Å². The average Bonchev–Trinajstić information content (AvgIpc) is 3.89. The summed E-state index contributed by atoms with van der Waals surface area (Å²) in [6.45, 7) is 2.17. The van der Waals surface area contributed by atoms with Gasteiger partial charge in [0.15, 0.2) is 0 Å². The molecule has 5 rings (SSSR count). The number of hydrogen-bond acceptors (Lipinski definition) is 6. The largest absolute Gasteiger partial charge is 0.478 e. The lowest BCUT2D eigenvalue weighted by atomic mass is 9.92. The summed E-state index contributed by atoms with van der Waals surface area (Å²) in [5.74, 6) is -1.63. The van der Waals surface area contributed by atoms with Gasteiger partial charge in [-0.3, -0.25) is 14.4 Å². The topological polar surface area (TPSA) is 142 Å². The van der Waals surface area contributed by atoms with Crippen molar-refractivity contribution in [2.75, 3.05) is 17.2 Å². The molecule has 1 heterocycles. The highest BCUT2D eigenvalue weighted by Gasteiger charge is 2.34. The zero-order valence-corrected chi connectivity index (χ0v) is 26.6. The summed E-state index contributed by atoms with van der Waals surface area (Å²) in [5.41, 5.74) is 9.91. The molecule has 1 aliphatic heterocycles. The third-order valence-corrected chi connectivity index (χ3v) is 8.63. The van der Waals surface area contributed by atoms with Crippen LogP contribution < -0.4 is 16.4 Å². The van der Waals surface area contributed by atoms with E-state index < -0.39 is 17.9 Å². The summed E-state index contributed by atoms with van der Waals surface area (Å²) in [6.07, 6.45) is 5.50. The van der Waals surface area contributed by atoms with Crippen molar-refractivity contribution in [2.24, 2.45) is 11.7 Å². The van der Waals surface area contributed by atoms with E-state index in [1.165, 1.54) is 41.4 Å². The standard InChI is InChI=1S/C35H34Cl2N4O5/c1-20(33(43)23-6-7-23)22-4-2-21(3-5-22)16-30(34(44)40-27-11-8-24(9-12-27)35(45)46)41-15-14-25(17-32(41)42)28-18-26(36)10-13-29(28)39-19-31(37)38/h2-5,8-13,17-20,23,30,39H,6-7,14-16,38H2,1H3,(H,40,44)(H,45,46)/b31-19-. The molecule has 1 fully saturated rings. The molecule has 0 aromatic heterocycles. The molecule has 2 amide bonds. The molecule has 238 valence electrons. The quantitative estimate of drug-likeness (QED) is 0.165. The molecule has 0 radical (unpaired) electrons. The minimum atomic E-state index is -1.07. The number of nitrogens with one attached hydrogen (secondary N) is 2. The van der Waals surface area contributed by atoms with E-state index in [0.29, 0.717) is 28.4 Å². The Morgan fingerprint density at radius 1 is 1.07 bits per heavy atom. The van der Waals surface area contributed by atoms with Gasteiger partial charge in [0.05, 0.1) is 5.56 Å². The summed E-state index contributed by atoms with van der Waals surface area (Å²) in [7, 11) is 0. The number of hydrogen-bond donors (Lipinski definition) is 4. The van der Waals surface area contributed by atoms with Crippen molar-refractivity contribution in [2.45, 2.75) is 44.6 Å². The number of halogens is 2. The van der Waals surface area contributed by atoms with Gasteiger partial charge in [0, 0.05) is 59.0 Å². The van der Waals surface area contributed by atoms with Crippen LogP contribution >= 0.6 is 23.2 Å². The summed E-state index contributed by atoms with van der Waals surface area (Å²) in [4.78, 5) is 52.9. The van der Waals surface area contributed by atoms with Crippen molar-refractivity contribution in [1.29, 1.82) is 0 Å². The summed E-state index contributed by atoms with van der Waals surface area (Å²) in [5, 5.41) is 15.7. The fourth-order valence-corrected chi connectivity index (χ4v) is 5.78. The molecule has 46 heavy (non-hydrogen) atoms.